The SMILES string of the molecule is COCc1ccc(C(=O)NC[C@H]2CC[C@@H](Oc3ccccc3)[C@@H]2O)cc1. The summed E-state index contributed by atoms with van der Waals surface area (Å²) >= 11 is 0. The molecule has 0 radical (unpaired) electrons. The molecule has 1 aliphatic rings. The third-order valence-corrected chi connectivity index (χ3v) is 4.77. The van der Waals surface area contributed by atoms with Crippen molar-refractivity contribution in [1.29, 1.82) is 0 Å². The van der Waals surface area contributed by atoms with Gasteiger partial charge in [-0.3, -0.25) is 4.79 Å². The molecule has 2 N–H and O–H groups in total. The van der Waals surface area contributed by atoms with Gasteiger partial charge in [-0.25, -0.2) is 0 Å². The van der Waals surface area contributed by atoms with E-state index in [1.165, 1.54) is 0 Å². The molecule has 0 spiro atoms. The molecule has 0 bridgehead atoms. The normalized spacial score (nSPS) is 22.2. The van der Waals surface area contributed by atoms with Crippen molar-refractivity contribution in [1.82, 2.24) is 5.32 Å². The highest BCUT2D eigenvalue weighted by molar-refractivity contribution is 5.94. The monoisotopic (exact) mass is 355 g/mol. The van der Waals surface area contributed by atoms with Crippen molar-refractivity contribution in [3.8, 4) is 5.75 Å². The predicted octanol–water partition coefficient (Wildman–Crippen LogP) is 2.78. The molecule has 1 aliphatic carbocycles. The topological polar surface area (TPSA) is 67.8 Å². The number of amides is 1. The van der Waals surface area contributed by atoms with Crippen LogP contribution < -0.4 is 10.1 Å². The lowest BCUT2D eigenvalue weighted by atomic mass is 10.1. The molecular formula is C21H25NO4. The van der Waals surface area contributed by atoms with Crippen LogP contribution in [-0.2, 0) is 11.3 Å². The molecule has 5 heteroatoms. The molecule has 5 nitrogen and oxygen atoms in total. The molecule has 1 saturated carbocycles. The lowest BCUT2D eigenvalue weighted by Gasteiger charge is -2.21. The van der Waals surface area contributed by atoms with Crippen LogP contribution in [0.1, 0.15) is 28.8 Å². The number of nitrogens with one attached hydrogen (secondary N) is 1. The Morgan fingerprint density at radius 1 is 1.12 bits per heavy atom. The molecule has 2 aromatic rings. The van der Waals surface area contributed by atoms with Crippen LogP contribution in [0.15, 0.2) is 54.6 Å². The largest absolute Gasteiger partial charge is 0.488 e. The Hall–Kier alpha value is -2.37. The first-order valence-electron chi connectivity index (χ1n) is 8.93. The van der Waals surface area contributed by atoms with Gasteiger partial charge in [0.2, 0.25) is 0 Å². The summed E-state index contributed by atoms with van der Waals surface area (Å²) in [5, 5.41) is 13.4. The Morgan fingerprint density at radius 2 is 1.85 bits per heavy atom. The van der Waals surface area contributed by atoms with Gasteiger partial charge in [0, 0.05) is 25.1 Å². The standard InChI is InChI=1S/C21H25NO4/c1-25-14-15-7-9-16(10-8-15)21(24)22-13-17-11-12-19(20(17)23)26-18-5-3-2-4-6-18/h2-10,17,19-20,23H,11-14H2,1H3,(H,22,24)/t17-,19-,20-/m1/s1. The Labute approximate surface area is 153 Å². The van der Waals surface area contributed by atoms with Gasteiger partial charge in [-0.15, -0.1) is 0 Å². The molecule has 138 valence electrons. The van der Waals surface area contributed by atoms with Crippen LogP contribution in [0.2, 0.25) is 0 Å². The molecule has 0 aliphatic heterocycles. The van der Waals surface area contributed by atoms with Crippen molar-refractivity contribution in [3.05, 3.63) is 65.7 Å². The maximum Gasteiger partial charge on any atom is 0.251 e. The summed E-state index contributed by atoms with van der Waals surface area (Å²) in [5.41, 5.74) is 1.63. The van der Waals surface area contributed by atoms with E-state index in [4.69, 9.17) is 9.47 Å². The molecule has 0 unspecified atom stereocenters. The fourth-order valence-corrected chi connectivity index (χ4v) is 3.29. The number of carbonyl (C=O) groups is 1. The molecule has 1 fully saturated rings. The Morgan fingerprint density at radius 3 is 2.54 bits per heavy atom. The summed E-state index contributed by atoms with van der Waals surface area (Å²) in [5.74, 6) is 0.631. The fourth-order valence-electron chi connectivity index (χ4n) is 3.29. The summed E-state index contributed by atoms with van der Waals surface area (Å²) in [7, 11) is 1.64. The number of aliphatic hydroxyl groups is 1. The van der Waals surface area contributed by atoms with Gasteiger partial charge in [0.15, 0.2) is 0 Å². The minimum absolute atomic E-state index is 0.000395. The van der Waals surface area contributed by atoms with E-state index >= 15 is 0 Å². The van der Waals surface area contributed by atoms with Gasteiger partial charge < -0.3 is 19.9 Å². The Bertz CT molecular complexity index is 702. The van der Waals surface area contributed by atoms with Gasteiger partial charge in [0.1, 0.15) is 11.9 Å². The maximum absolute atomic E-state index is 12.3. The minimum atomic E-state index is -0.584. The van der Waals surface area contributed by atoms with Crippen molar-refractivity contribution in [2.45, 2.75) is 31.7 Å². The van der Waals surface area contributed by atoms with Crippen LogP contribution in [0.25, 0.3) is 0 Å². The minimum Gasteiger partial charge on any atom is -0.488 e. The summed E-state index contributed by atoms with van der Waals surface area (Å²) < 4.78 is 10.9. The van der Waals surface area contributed by atoms with Crippen molar-refractivity contribution in [3.63, 3.8) is 0 Å². The maximum atomic E-state index is 12.3. The number of carbonyl (C=O) groups excluding carboxylic acids is 1. The highest BCUT2D eigenvalue weighted by Gasteiger charge is 2.36. The lowest BCUT2D eigenvalue weighted by Crippen LogP contribution is -2.37. The van der Waals surface area contributed by atoms with Crippen LogP contribution in [0.4, 0.5) is 0 Å². The second-order valence-electron chi connectivity index (χ2n) is 6.64. The number of benzene rings is 2. The Kier molecular flexibility index (Phi) is 6.26. The van der Waals surface area contributed by atoms with Gasteiger partial charge in [-0.1, -0.05) is 30.3 Å². The van der Waals surface area contributed by atoms with E-state index in [0.29, 0.717) is 18.7 Å². The first-order valence-corrected chi connectivity index (χ1v) is 8.93. The molecule has 1 amide bonds. The van der Waals surface area contributed by atoms with Gasteiger partial charge in [-0.05, 0) is 42.7 Å². The van der Waals surface area contributed by atoms with Crippen LogP contribution in [-0.4, -0.2) is 36.9 Å². The second kappa shape index (κ2) is 8.83. The highest BCUT2D eigenvalue weighted by Crippen LogP contribution is 2.29. The van der Waals surface area contributed by atoms with Gasteiger partial charge in [0.05, 0.1) is 12.7 Å². The van der Waals surface area contributed by atoms with Crippen LogP contribution in [0.3, 0.4) is 0 Å². The zero-order valence-corrected chi connectivity index (χ0v) is 14.9. The first kappa shape index (κ1) is 18.4. The van der Waals surface area contributed by atoms with E-state index in [2.05, 4.69) is 5.32 Å². The molecule has 0 saturated heterocycles. The van der Waals surface area contributed by atoms with Crippen molar-refractivity contribution >= 4 is 5.91 Å². The van der Waals surface area contributed by atoms with Crippen LogP contribution in [0, 0.1) is 5.92 Å². The molecule has 0 heterocycles. The molecule has 26 heavy (non-hydrogen) atoms. The number of ether oxygens (including phenoxy) is 2. The molecule has 2 aromatic carbocycles. The van der Waals surface area contributed by atoms with Gasteiger partial charge in [0.25, 0.3) is 5.91 Å². The number of para-hydroxylation sites is 1. The molecule has 0 aromatic heterocycles. The fraction of sp³-hybridized carbons (Fsp3) is 0.381. The average molecular weight is 355 g/mol. The van der Waals surface area contributed by atoms with Gasteiger partial charge >= 0.3 is 0 Å². The summed E-state index contributed by atoms with van der Waals surface area (Å²) in [6.07, 6.45) is 0.792. The molecular weight excluding hydrogens is 330 g/mol. The number of methoxy groups -OCH3 is 1. The second-order valence-corrected chi connectivity index (χ2v) is 6.64. The van der Waals surface area contributed by atoms with Crippen molar-refractivity contribution < 1.29 is 19.4 Å². The summed E-state index contributed by atoms with van der Waals surface area (Å²) in [6.45, 7) is 0.966. The summed E-state index contributed by atoms with van der Waals surface area (Å²) in [6, 6.07) is 16.9. The molecule has 3 rings (SSSR count). The number of hydrogen-bond donors (Lipinski definition) is 2. The van der Waals surface area contributed by atoms with E-state index in [0.717, 1.165) is 24.2 Å². The van der Waals surface area contributed by atoms with E-state index in [9.17, 15) is 9.90 Å². The quantitative estimate of drug-likeness (QED) is 0.801. The van der Waals surface area contributed by atoms with E-state index in [1.54, 1.807) is 19.2 Å². The third kappa shape index (κ3) is 4.62. The number of hydrogen-bond acceptors (Lipinski definition) is 4. The zero-order chi connectivity index (χ0) is 18.4. The number of rotatable bonds is 7. The van der Waals surface area contributed by atoms with E-state index in [1.807, 2.05) is 42.5 Å². The van der Waals surface area contributed by atoms with E-state index in [-0.39, 0.29) is 17.9 Å². The molecule has 3 atom stereocenters. The highest BCUT2D eigenvalue weighted by atomic mass is 16.5. The third-order valence-electron chi connectivity index (χ3n) is 4.77. The smallest absolute Gasteiger partial charge is 0.251 e. The Balaban J connectivity index is 1.49. The van der Waals surface area contributed by atoms with Crippen LogP contribution in [0.5, 0.6) is 5.75 Å². The first-order chi connectivity index (χ1) is 12.7. The predicted molar refractivity (Wildman–Crippen MR) is 99.1 cm³/mol. The summed E-state index contributed by atoms with van der Waals surface area (Å²) in [4.78, 5) is 12.3. The van der Waals surface area contributed by atoms with Gasteiger partial charge in [-0.2, -0.15) is 0 Å². The number of aliphatic hydroxyl groups excluding tert-OH is 1. The lowest BCUT2D eigenvalue weighted by molar-refractivity contribution is 0.0348. The van der Waals surface area contributed by atoms with Crippen LogP contribution >= 0.6 is 0 Å². The zero-order valence-electron chi connectivity index (χ0n) is 14.9. The average Bonchev–Trinajstić information content (AvgIpc) is 3.01. The van der Waals surface area contributed by atoms with Crippen molar-refractivity contribution in [2.24, 2.45) is 5.92 Å². The van der Waals surface area contributed by atoms with E-state index < -0.39 is 6.10 Å². The van der Waals surface area contributed by atoms with Crippen molar-refractivity contribution in [2.75, 3.05) is 13.7 Å².